The summed E-state index contributed by atoms with van der Waals surface area (Å²) in [5.74, 6) is 2.01. The topological polar surface area (TPSA) is 91.2 Å². The summed E-state index contributed by atoms with van der Waals surface area (Å²) in [7, 11) is 3.13. The molecule has 0 radical (unpaired) electrons. The Bertz CT molecular complexity index is 940. The Morgan fingerprint density at radius 2 is 1.93 bits per heavy atom. The normalized spacial score (nSPS) is 10.6. The lowest BCUT2D eigenvalue weighted by molar-refractivity contribution is -0.113. The lowest BCUT2D eigenvalue weighted by Gasteiger charge is -2.10. The summed E-state index contributed by atoms with van der Waals surface area (Å²) < 4.78 is 12.5. The van der Waals surface area contributed by atoms with Crippen LogP contribution in [0.2, 0.25) is 0 Å². The number of nitrogens with one attached hydrogen (secondary N) is 1. The highest BCUT2D eigenvalue weighted by atomic mass is 32.2. The van der Waals surface area contributed by atoms with Crippen LogP contribution < -0.4 is 14.8 Å². The third-order valence-electron chi connectivity index (χ3n) is 4.05. The SMILES string of the molecule is CCCn1c(SCC(=O)Nc2cc(OC)cc(OC)c2)nnc1-c1cccnc1. The summed E-state index contributed by atoms with van der Waals surface area (Å²) in [6.45, 7) is 2.85. The molecule has 2 heterocycles. The molecule has 3 aromatic rings. The van der Waals surface area contributed by atoms with Gasteiger partial charge in [0.15, 0.2) is 11.0 Å². The molecule has 0 saturated carbocycles. The monoisotopic (exact) mass is 413 g/mol. The molecule has 0 atom stereocenters. The van der Waals surface area contributed by atoms with Crippen molar-refractivity contribution in [1.29, 1.82) is 0 Å². The van der Waals surface area contributed by atoms with Gasteiger partial charge in [-0.1, -0.05) is 18.7 Å². The van der Waals surface area contributed by atoms with E-state index in [2.05, 4.69) is 27.4 Å². The minimum absolute atomic E-state index is 0.153. The van der Waals surface area contributed by atoms with E-state index in [1.807, 2.05) is 16.7 Å². The average molecular weight is 414 g/mol. The van der Waals surface area contributed by atoms with Gasteiger partial charge in [0.25, 0.3) is 0 Å². The predicted molar refractivity (Wildman–Crippen MR) is 112 cm³/mol. The van der Waals surface area contributed by atoms with Gasteiger partial charge in [0.05, 0.1) is 20.0 Å². The molecule has 152 valence electrons. The van der Waals surface area contributed by atoms with Crippen LogP contribution in [-0.2, 0) is 11.3 Å². The summed E-state index contributed by atoms with van der Waals surface area (Å²) in [6.07, 6.45) is 4.40. The first-order chi connectivity index (χ1) is 14.1. The standard InChI is InChI=1S/C20H23N5O3S/c1-4-8-25-19(14-6-5-7-21-12-14)23-24-20(25)29-13-18(26)22-15-9-16(27-2)11-17(10-15)28-3/h5-7,9-12H,4,8,13H2,1-3H3,(H,22,26). The first kappa shape index (κ1) is 20.7. The molecule has 0 aliphatic rings. The van der Waals surface area contributed by atoms with E-state index in [0.717, 1.165) is 24.4 Å². The third kappa shape index (κ3) is 5.26. The number of pyridine rings is 1. The van der Waals surface area contributed by atoms with E-state index < -0.39 is 0 Å². The number of hydrogen-bond donors (Lipinski definition) is 1. The fourth-order valence-corrected chi connectivity index (χ4v) is 3.50. The first-order valence-electron chi connectivity index (χ1n) is 9.14. The number of aromatic nitrogens is 4. The zero-order chi connectivity index (χ0) is 20.6. The molecule has 0 aliphatic heterocycles. The number of thioether (sulfide) groups is 1. The second-order valence-electron chi connectivity index (χ2n) is 6.14. The molecule has 0 fully saturated rings. The van der Waals surface area contributed by atoms with Gasteiger partial charge < -0.3 is 19.4 Å². The van der Waals surface area contributed by atoms with Crippen LogP contribution >= 0.6 is 11.8 Å². The summed E-state index contributed by atoms with van der Waals surface area (Å²) in [5.41, 5.74) is 1.51. The number of nitrogens with zero attached hydrogens (tertiary/aromatic N) is 4. The second kappa shape index (κ2) is 9.92. The lowest BCUT2D eigenvalue weighted by Crippen LogP contribution is -2.15. The number of rotatable bonds is 9. The van der Waals surface area contributed by atoms with Crippen LogP contribution in [0.3, 0.4) is 0 Å². The van der Waals surface area contributed by atoms with Crippen molar-refractivity contribution < 1.29 is 14.3 Å². The number of ether oxygens (including phenoxy) is 2. The van der Waals surface area contributed by atoms with Crippen LogP contribution in [0.25, 0.3) is 11.4 Å². The van der Waals surface area contributed by atoms with Crippen molar-refractivity contribution >= 4 is 23.4 Å². The molecule has 0 unspecified atom stereocenters. The number of amides is 1. The van der Waals surface area contributed by atoms with E-state index in [1.54, 1.807) is 44.8 Å². The van der Waals surface area contributed by atoms with Crippen molar-refractivity contribution in [3.05, 3.63) is 42.7 Å². The molecule has 0 spiro atoms. The molecule has 8 nitrogen and oxygen atoms in total. The first-order valence-corrected chi connectivity index (χ1v) is 10.1. The van der Waals surface area contributed by atoms with Gasteiger partial charge in [0.1, 0.15) is 11.5 Å². The number of anilines is 1. The number of carbonyl (C=O) groups excluding carboxylic acids is 1. The minimum Gasteiger partial charge on any atom is -0.497 e. The number of benzene rings is 1. The summed E-state index contributed by atoms with van der Waals surface area (Å²) in [6, 6.07) is 9.04. The Kier molecular flexibility index (Phi) is 7.07. The lowest BCUT2D eigenvalue weighted by atomic mass is 10.2. The Hall–Kier alpha value is -3.07. The Labute approximate surface area is 173 Å². The van der Waals surface area contributed by atoms with Crippen molar-refractivity contribution in [3.63, 3.8) is 0 Å². The second-order valence-corrected chi connectivity index (χ2v) is 7.08. The predicted octanol–water partition coefficient (Wildman–Crippen LogP) is 3.50. The number of carbonyl (C=O) groups is 1. The van der Waals surface area contributed by atoms with E-state index in [4.69, 9.17) is 9.47 Å². The van der Waals surface area contributed by atoms with E-state index in [0.29, 0.717) is 22.3 Å². The molecular formula is C20H23N5O3S. The van der Waals surface area contributed by atoms with E-state index in [1.165, 1.54) is 11.8 Å². The van der Waals surface area contributed by atoms with Crippen LogP contribution in [0.4, 0.5) is 5.69 Å². The van der Waals surface area contributed by atoms with E-state index in [9.17, 15) is 4.79 Å². The summed E-state index contributed by atoms with van der Waals surface area (Å²) in [5, 5.41) is 12.1. The molecule has 0 saturated heterocycles. The highest BCUT2D eigenvalue weighted by Gasteiger charge is 2.15. The maximum absolute atomic E-state index is 12.4. The molecule has 2 aromatic heterocycles. The zero-order valence-electron chi connectivity index (χ0n) is 16.6. The molecule has 1 N–H and O–H groups in total. The van der Waals surface area contributed by atoms with Gasteiger partial charge in [-0.15, -0.1) is 10.2 Å². The quantitative estimate of drug-likeness (QED) is 0.537. The van der Waals surface area contributed by atoms with Gasteiger partial charge in [-0.05, 0) is 18.6 Å². The molecule has 1 aromatic carbocycles. The van der Waals surface area contributed by atoms with Gasteiger partial charge in [-0.2, -0.15) is 0 Å². The molecular weight excluding hydrogens is 390 g/mol. The van der Waals surface area contributed by atoms with Gasteiger partial charge >= 0.3 is 0 Å². The average Bonchev–Trinajstić information content (AvgIpc) is 3.15. The van der Waals surface area contributed by atoms with Gasteiger partial charge in [-0.3, -0.25) is 9.78 Å². The van der Waals surface area contributed by atoms with Crippen LogP contribution in [0.1, 0.15) is 13.3 Å². The van der Waals surface area contributed by atoms with Gasteiger partial charge in [0, 0.05) is 48.4 Å². The van der Waals surface area contributed by atoms with E-state index >= 15 is 0 Å². The fourth-order valence-electron chi connectivity index (χ4n) is 2.74. The van der Waals surface area contributed by atoms with Gasteiger partial charge in [0.2, 0.25) is 5.91 Å². The van der Waals surface area contributed by atoms with Crippen molar-refractivity contribution in [2.45, 2.75) is 25.0 Å². The Morgan fingerprint density at radius 1 is 1.17 bits per heavy atom. The summed E-state index contributed by atoms with van der Waals surface area (Å²) >= 11 is 1.34. The maximum Gasteiger partial charge on any atom is 0.234 e. The van der Waals surface area contributed by atoms with Crippen LogP contribution in [0.5, 0.6) is 11.5 Å². The minimum atomic E-state index is -0.153. The Balaban J connectivity index is 1.70. The van der Waals surface area contributed by atoms with Crippen molar-refractivity contribution in [1.82, 2.24) is 19.7 Å². The molecule has 0 bridgehead atoms. The highest BCUT2D eigenvalue weighted by Crippen LogP contribution is 2.27. The van der Waals surface area contributed by atoms with Crippen LogP contribution in [0.15, 0.2) is 47.9 Å². The van der Waals surface area contributed by atoms with Gasteiger partial charge in [-0.25, -0.2) is 0 Å². The highest BCUT2D eigenvalue weighted by molar-refractivity contribution is 7.99. The number of hydrogen-bond acceptors (Lipinski definition) is 7. The van der Waals surface area contributed by atoms with Crippen LogP contribution in [-0.4, -0.2) is 45.6 Å². The summed E-state index contributed by atoms with van der Waals surface area (Å²) in [4.78, 5) is 16.6. The van der Waals surface area contributed by atoms with Crippen molar-refractivity contribution in [2.75, 3.05) is 25.3 Å². The Morgan fingerprint density at radius 3 is 2.55 bits per heavy atom. The molecule has 0 aliphatic carbocycles. The fraction of sp³-hybridized carbons (Fsp3) is 0.300. The van der Waals surface area contributed by atoms with Crippen molar-refractivity contribution in [3.8, 4) is 22.9 Å². The molecule has 29 heavy (non-hydrogen) atoms. The molecule has 3 rings (SSSR count). The smallest absolute Gasteiger partial charge is 0.234 e. The molecule has 9 heteroatoms. The molecule has 1 amide bonds. The zero-order valence-corrected chi connectivity index (χ0v) is 17.4. The third-order valence-corrected chi connectivity index (χ3v) is 5.02. The largest absolute Gasteiger partial charge is 0.497 e. The number of methoxy groups -OCH3 is 2. The van der Waals surface area contributed by atoms with Crippen molar-refractivity contribution in [2.24, 2.45) is 0 Å². The van der Waals surface area contributed by atoms with Crippen LogP contribution in [0, 0.1) is 0 Å². The van der Waals surface area contributed by atoms with E-state index in [-0.39, 0.29) is 11.7 Å². The maximum atomic E-state index is 12.4.